The van der Waals surface area contributed by atoms with Gasteiger partial charge in [0.2, 0.25) is 5.76 Å². The van der Waals surface area contributed by atoms with Crippen molar-refractivity contribution in [2.24, 2.45) is 0 Å². The van der Waals surface area contributed by atoms with E-state index in [2.05, 4.69) is 14.2 Å². The van der Waals surface area contributed by atoms with E-state index < -0.39 is 48.2 Å². The van der Waals surface area contributed by atoms with E-state index in [-0.39, 0.29) is 12.8 Å². The molecule has 9 nitrogen and oxygen atoms in total. The molecule has 1 aliphatic heterocycles. The molecule has 0 saturated carbocycles. The molecule has 0 aliphatic carbocycles. The van der Waals surface area contributed by atoms with Gasteiger partial charge in [-0.2, -0.15) is 0 Å². The van der Waals surface area contributed by atoms with Gasteiger partial charge >= 0.3 is 17.9 Å². The molecule has 0 aromatic heterocycles. The number of hydrogen-bond acceptors (Lipinski definition) is 9. The minimum Gasteiger partial charge on any atom is -0.505 e. The lowest BCUT2D eigenvalue weighted by molar-refractivity contribution is -0.156. The average Bonchev–Trinajstić information content (AvgIpc) is 2.79. The molecule has 2 unspecified atom stereocenters. The van der Waals surface area contributed by atoms with E-state index in [0.717, 1.165) is 0 Å². The van der Waals surface area contributed by atoms with Gasteiger partial charge in [-0.1, -0.05) is 13.8 Å². The van der Waals surface area contributed by atoms with Gasteiger partial charge in [0.1, 0.15) is 12.7 Å². The summed E-state index contributed by atoms with van der Waals surface area (Å²) >= 11 is 0. The molecule has 0 radical (unpaired) electrons. The van der Waals surface area contributed by atoms with Crippen LogP contribution in [0.15, 0.2) is 11.5 Å². The van der Waals surface area contributed by atoms with Crippen LogP contribution in [0.4, 0.5) is 0 Å². The summed E-state index contributed by atoms with van der Waals surface area (Å²) in [5, 5.41) is 27.9. The van der Waals surface area contributed by atoms with E-state index in [1.807, 2.05) is 13.8 Å². The van der Waals surface area contributed by atoms with Gasteiger partial charge in [0.05, 0.1) is 20.0 Å². The molecule has 2 atom stereocenters. The number of ether oxygens (including phenoxy) is 3. The molecule has 0 amide bonds. The van der Waals surface area contributed by atoms with Crippen molar-refractivity contribution >= 4 is 17.9 Å². The molecule has 0 aromatic rings. The van der Waals surface area contributed by atoms with E-state index in [0.29, 0.717) is 0 Å². The second kappa shape index (κ2) is 9.61. The first-order valence-corrected chi connectivity index (χ1v) is 6.60. The number of carbonyl (C=O) groups is 3. The summed E-state index contributed by atoms with van der Waals surface area (Å²) in [7, 11) is 1.17. The lowest BCUT2D eigenvalue weighted by atomic mass is 10.2. The van der Waals surface area contributed by atoms with Crippen LogP contribution in [0, 0.1) is 0 Å². The predicted octanol–water partition coefficient (Wildman–Crippen LogP) is 0.123. The smallest absolute Gasteiger partial charge is 0.377 e. The molecule has 9 heteroatoms. The number of carbonyl (C=O) groups excluding carboxylic acids is 3. The fourth-order valence-corrected chi connectivity index (χ4v) is 1.37. The van der Waals surface area contributed by atoms with Crippen molar-refractivity contribution in [2.75, 3.05) is 13.7 Å². The van der Waals surface area contributed by atoms with Crippen LogP contribution in [0.1, 0.15) is 26.7 Å². The van der Waals surface area contributed by atoms with Crippen molar-refractivity contribution in [1.29, 1.82) is 0 Å². The summed E-state index contributed by atoms with van der Waals surface area (Å²) in [6, 6.07) is 0. The van der Waals surface area contributed by atoms with Crippen molar-refractivity contribution < 1.29 is 43.9 Å². The van der Waals surface area contributed by atoms with Crippen LogP contribution in [-0.2, 0) is 28.6 Å². The summed E-state index contributed by atoms with van der Waals surface area (Å²) in [5.41, 5.74) is 0. The van der Waals surface area contributed by atoms with Crippen molar-refractivity contribution in [2.45, 2.75) is 38.9 Å². The van der Waals surface area contributed by atoms with Gasteiger partial charge in [-0.25, -0.2) is 4.79 Å². The maximum Gasteiger partial charge on any atom is 0.377 e. The second-order valence-corrected chi connectivity index (χ2v) is 3.89. The standard InChI is InChI=1S/C11H14O9.C2H6/c1-18-6(13)2-3-7(14)19-4-5(12)10-8(15)9(16)11(17)20-10;1-2/h5,10,12,15-16H,2-4H2,1H3;1-2H3. The van der Waals surface area contributed by atoms with Crippen LogP contribution in [0.5, 0.6) is 0 Å². The number of aliphatic hydroxyl groups is 3. The molecule has 0 aromatic carbocycles. The molecular weight excluding hydrogens is 300 g/mol. The Balaban J connectivity index is 0.00000211. The van der Waals surface area contributed by atoms with Gasteiger partial charge in [-0.05, 0) is 0 Å². The monoisotopic (exact) mass is 320 g/mol. The van der Waals surface area contributed by atoms with E-state index in [4.69, 9.17) is 5.11 Å². The lowest BCUT2D eigenvalue weighted by Crippen LogP contribution is -2.33. The number of rotatable bonds is 6. The zero-order valence-electron chi connectivity index (χ0n) is 12.6. The number of cyclic esters (lactones) is 1. The van der Waals surface area contributed by atoms with E-state index in [9.17, 15) is 24.6 Å². The average molecular weight is 320 g/mol. The molecule has 1 heterocycles. The minimum absolute atomic E-state index is 0.171. The fraction of sp³-hybridized carbons (Fsp3) is 0.615. The van der Waals surface area contributed by atoms with Gasteiger partial charge in [0.25, 0.3) is 0 Å². The summed E-state index contributed by atoms with van der Waals surface area (Å²) < 4.78 is 13.4. The van der Waals surface area contributed by atoms with Gasteiger partial charge in [-0.3, -0.25) is 9.59 Å². The number of aliphatic hydroxyl groups excluding tert-OH is 3. The Kier molecular flexibility index (Phi) is 8.61. The maximum absolute atomic E-state index is 11.2. The fourth-order valence-electron chi connectivity index (χ4n) is 1.37. The zero-order chi connectivity index (χ0) is 17.3. The van der Waals surface area contributed by atoms with Crippen LogP contribution in [0.2, 0.25) is 0 Å². The Hall–Kier alpha value is -2.29. The first-order valence-electron chi connectivity index (χ1n) is 6.60. The molecule has 0 fully saturated rings. The van der Waals surface area contributed by atoms with Gasteiger partial charge in [-0.15, -0.1) is 0 Å². The molecule has 0 bridgehead atoms. The largest absolute Gasteiger partial charge is 0.505 e. The predicted molar refractivity (Wildman–Crippen MR) is 71.7 cm³/mol. The van der Waals surface area contributed by atoms with Crippen molar-refractivity contribution in [1.82, 2.24) is 0 Å². The number of methoxy groups -OCH3 is 1. The zero-order valence-corrected chi connectivity index (χ0v) is 12.6. The first kappa shape index (κ1) is 19.7. The normalized spacial score (nSPS) is 18.0. The highest BCUT2D eigenvalue weighted by atomic mass is 16.6. The molecule has 126 valence electrons. The minimum atomic E-state index is -1.54. The SMILES string of the molecule is CC.COC(=O)CCC(=O)OCC(O)C1OC(=O)C(O)=C1O. The van der Waals surface area contributed by atoms with Crippen LogP contribution in [0.3, 0.4) is 0 Å². The first-order chi connectivity index (χ1) is 10.4. The Morgan fingerprint density at radius 3 is 2.23 bits per heavy atom. The molecule has 22 heavy (non-hydrogen) atoms. The topological polar surface area (TPSA) is 140 Å². The van der Waals surface area contributed by atoms with Gasteiger partial charge < -0.3 is 29.5 Å². The Labute approximate surface area is 127 Å². The third-order valence-corrected chi connectivity index (χ3v) is 2.46. The highest BCUT2D eigenvalue weighted by Crippen LogP contribution is 2.21. The van der Waals surface area contributed by atoms with Gasteiger partial charge in [0, 0.05) is 0 Å². The van der Waals surface area contributed by atoms with Crippen LogP contribution in [-0.4, -0.2) is 59.2 Å². The molecule has 0 spiro atoms. The van der Waals surface area contributed by atoms with Gasteiger partial charge in [0.15, 0.2) is 11.9 Å². The molecular formula is C13H20O9. The third-order valence-electron chi connectivity index (χ3n) is 2.46. The van der Waals surface area contributed by atoms with Crippen LogP contribution < -0.4 is 0 Å². The Bertz CT molecular complexity index is 441. The summed E-state index contributed by atoms with van der Waals surface area (Å²) in [5.74, 6) is -4.35. The lowest BCUT2D eigenvalue weighted by Gasteiger charge is -2.17. The Morgan fingerprint density at radius 1 is 1.23 bits per heavy atom. The van der Waals surface area contributed by atoms with E-state index in [1.54, 1.807) is 0 Å². The third kappa shape index (κ3) is 5.60. The summed E-state index contributed by atoms with van der Waals surface area (Å²) in [6.07, 6.45) is -3.44. The summed E-state index contributed by atoms with van der Waals surface area (Å²) in [6.45, 7) is 3.43. The quantitative estimate of drug-likeness (QED) is 0.460. The maximum atomic E-state index is 11.2. The van der Waals surface area contributed by atoms with E-state index >= 15 is 0 Å². The Morgan fingerprint density at radius 2 is 1.77 bits per heavy atom. The second-order valence-electron chi connectivity index (χ2n) is 3.89. The highest BCUT2D eigenvalue weighted by molar-refractivity contribution is 5.89. The van der Waals surface area contributed by atoms with E-state index in [1.165, 1.54) is 7.11 Å². The number of esters is 3. The molecule has 0 saturated heterocycles. The highest BCUT2D eigenvalue weighted by Gasteiger charge is 2.39. The van der Waals surface area contributed by atoms with Crippen molar-refractivity contribution in [3.8, 4) is 0 Å². The summed E-state index contributed by atoms with van der Waals surface area (Å²) in [4.78, 5) is 32.9. The number of hydrogen-bond donors (Lipinski definition) is 3. The van der Waals surface area contributed by atoms with Crippen LogP contribution >= 0.6 is 0 Å². The van der Waals surface area contributed by atoms with Crippen molar-refractivity contribution in [3.63, 3.8) is 0 Å². The molecule has 1 rings (SSSR count). The molecule has 3 N–H and O–H groups in total. The molecule has 1 aliphatic rings. The van der Waals surface area contributed by atoms with Crippen LogP contribution in [0.25, 0.3) is 0 Å². The van der Waals surface area contributed by atoms with Crippen molar-refractivity contribution in [3.05, 3.63) is 11.5 Å².